The monoisotopic (exact) mass is 252 g/mol. The first-order valence-electron chi connectivity index (χ1n) is 7.92. The lowest BCUT2D eigenvalue weighted by Gasteiger charge is -2.48. The fraction of sp³-hybridized carbons (Fsp3) is 1.00. The second kappa shape index (κ2) is 5.48. The van der Waals surface area contributed by atoms with Gasteiger partial charge in [-0.05, 0) is 51.1 Å². The van der Waals surface area contributed by atoms with Crippen LogP contribution in [0.1, 0.15) is 44.9 Å². The summed E-state index contributed by atoms with van der Waals surface area (Å²) in [5.74, 6) is 1.39. The number of aliphatic hydroxyl groups is 1. The van der Waals surface area contributed by atoms with E-state index in [0.717, 1.165) is 31.8 Å². The van der Waals surface area contributed by atoms with Crippen LogP contribution in [0, 0.1) is 11.8 Å². The summed E-state index contributed by atoms with van der Waals surface area (Å²) < 4.78 is 0. The fourth-order valence-electron chi connectivity index (χ4n) is 4.25. The van der Waals surface area contributed by atoms with Crippen LogP contribution in [-0.4, -0.2) is 48.3 Å². The molecule has 0 spiro atoms. The van der Waals surface area contributed by atoms with Crippen LogP contribution >= 0.6 is 0 Å². The van der Waals surface area contributed by atoms with Crippen molar-refractivity contribution in [1.82, 2.24) is 10.2 Å². The lowest BCUT2D eigenvalue weighted by molar-refractivity contribution is -0.0974. The minimum absolute atomic E-state index is 0.306. The zero-order chi connectivity index (χ0) is 12.4. The number of nitrogens with zero attached hydrogens (tertiary/aromatic N) is 1. The van der Waals surface area contributed by atoms with Crippen LogP contribution in [0.4, 0.5) is 0 Å². The molecule has 1 saturated carbocycles. The van der Waals surface area contributed by atoms with Gasteiger partial charge in [0.1, 0.15) is 0 Å². The van der Waals surface area contributed by atoms with Crippen LogP contribution in [0.3, 0.4) is 0 Å². The maximum atomic E-state index is 10.7. The first-order chi connectivity index (χ1) is 8.76. The van der Waals surface area contributed by atoms with Crippen molar-refractivity contribution in [2.75, 3.05) is 32.7 Å². The van der Waals surface area contributed by atoms with E-state index in [1.54, 1.807) is 0 Å². The number of fused-ring (bicyclic) bond motifs is 1. The Kier molecular flexibility index (Phi) is 3.92. The Morgan fingerprint density at radius 1 is 1.17 bits per heavy atom. The third-order valence-corrected chi connectivity index (χ3v) is 5.43. The van der Waals surface area contributed by atoms with Gasteiger partial charge >= 0.3 is 0 Å². The van der Waals surface area contributed by atoms with Crippen molar-refractivity contribution in [3.8, 4) is 0 Å². The standard InChI is InChI=1S/C15H28N2O/c18-15-6-2-1-5-14(15)12-17(9-7-15)11-13-4-3-8-16-10-13/h13-14,16,18H,1-12H2. The molecular formula is C15H28N2O. The van der Waals surface area contributed by atoms with Crippen molar-refractivity contribution < 1.29 is 5.11 Å². The summed E-state index contributed by atoms with van der Waals surface area (Å²) in [4.78, 5) is 2.63. The molecule has 3 nitrogen and oxygen atoms in total. The molecule has 0 amide bonds. The van der Waals surface area contributed by atoms with Gasteiger partial charge in [-0.3, -0.25) is 0 Å². The average Bonchev–Trinajstić information content (AvgIpc) is 2.40. The number of hydrogen-bond acceptors (Lipinski definition) is 3. The predicted molar refractivity (Wildman–Crippen MR) is 73.6 cm³/mol. The van der Waals surface area contributed by atoms with Gasteiger partial charge in [0.25, 0.3) is 0 Å². The van der Waals surface area contributed by atoms with Gasteiger partial charge < -0.3 is 15.3 Å². The Bertz CT molecular complexity index is 278. The number of hydrogen-bond donors (Lipinski definition) is 2. The van der Waals surface area contributed by atoms with Crippen molar-refractivity contribution >= 4 is 0 Å². The van der Waals surface area contributed by atoms with Crippen LogP contribution in [0.25, 0.3) is 0 Å². The maximum Gasteiger partial charge on any atom is 0.0700 e. The predicted octanol–water partition coefficient (Wildman–Crippen LogP) is 1.61. The minimum Gasteiger partial charge on any atom is -0.390 e. The molecule has 0 radical (unpaired) electrons. The summed E-state index contributed by atoms with van der Waals surface area (Å²) in [7, 11) is 0. The van der Waals surface area contributed by atoms with Crippen LogP contribution in [0.2, 0.25) is 0 Å². The Hall–Kier alpha value is -0.120. The first-order valence-corrected chi connectivity index (χ1v) is 7.92. The van der Waals surface area contributed by atoms with Crippen molar-refractivity contribution in [3.63, 3.8) is 0 Å². The Balaban J connectivity index is 1.53. The average molecular weight is 252 g/mol. The van der Waals surface area contributed by atoms with Crippen molar-refractivity contribution in [1.29, 1.82) is 0 Å². The lowest BCUT2D eigenvalue weighted by atomic mass is 9.71. The highest BCUT2D eigenvalue weighted by Gasteiger charge is 2.42. The maximum absolute atomic E-state index is 10.7. The number of nitrogens with one attached hydrogen (secondary N) is 1. The summed E-state index contributed by atoms with van der Waals surface area (Å²) in [6, 6.07) is 0. The third-order valence-electron chi connectivity index (χ3n) is 5.43. The normalized spacial score (nSPS) is 42.5. The van der Waals surface area contributed by atoms with Crippen LogP contribution in [-0.2, 0) is 0 Å². The third kappa shape index (κ3) is 2.73. The highest BCUT2D eigenvalue weighted by atomic mass is 16.3. The molecule has 0 aromatic carbocycles. The smallest absolute Gasteiger partial charge is 0.0700 e. The zero-order valence-corrected chi connectivity index (χ0v) is 11.5. The highest BCUT2D eigenvalue weighted by Crippen LogP contribution is 2.39. The molecule has 3 aliphatic rings. The minimum atomic E-state index is -0.306. The van der Waals surface area contributed by atoms with Crippen molar-refractivity contribution in [2.24, 2.45) is 11.8 Å². The largest absolute Gasteiger partial charge is 0.390 e. The molecule has 0 aromatic rings. The first kappa shape index (κ1) is 12.9. The van der Waals surface area contributed by atoms with Gasteiger partial charge in [0.05, 0.1) is 5.60 Å². The van der Waals surface area contributed by atoms with Gasteiger partial charge in [-0.25, -0.2) is 0 Å². The fourth-order valence-corrected chi connectivity index (χ4v) is 4.25. The Labute approximate surface area is 111 Å². The molecule has 3 atom stereocenters. The molecular weight excluding hydrogens is 224 g/mol. The van der Waals surface area contributed by atoms with E-state index in [1.807, 2.05) is 0 Å². The quantitative estimate of drug-likeness (QED) is 0.784. The molecule has 1 aliphatic carbocycles. The number of piperidine rings is 2. The summed E-state index contributed by atoms with van der Waals surface area (Å²) in [5.41, 5.74) is -0.306. The summed E-state index contributed by atoms with van der Waals surface area (Å²) in [6.07, 6.45) is 8.60. The topological polar surface area (TPSA) is 35.5 Å². The molecule has 18 heavy (non-hydrogen) atoms. The zero-order valence-electron chi connectivity index (χ0n) is 11.5. The molecule has 2 N–H and O–H groups in total. The van der Waals surface area contributed by atoms with Gasteiger partial charge in [0.2, 0.25) is 0 Å². The van der Waals surface area contributed by atoms with E-state index in [9.17, 15) is 5.11 Å². The molecule has 3 heteroatoms. The summed E-state index contributed by atoms with van der Waals surface area (Å²) >= 11 is 0. The van der Waals surface area contributed by atoms with Gasteiger partial charge in [0, 0.05) is 25.6 Å². The van der Waals surface area contributed by atoms with E-state index in [-0.39, 0.29) is 5.60 Å². The number of rotatable bonds is 2. The van der Waals surface area contributed by atoms with Crippen LogP contribution < -0.4 is 5.32 Å². The molecule has 2 heterocycles. The van der Waals surface area contributed by atoms with Crippen molar-refractivity contribution in [2.45, 2.75) is 50.5 Å². The number of likely N-dealkylation sites (tertiary alicyclic amines) is 1. The van der Waals surface area contributed by atoms with Gasteiger partial charge in [0.15, 0.2) is 0 Å². The molecule has 0 bridgehead atoms. The molecule has 3 rings (SSSR count). The van der Waals surface area contributed by atoms with E-state index >= 15 is 0 Å². The van der Waals surface area contributed by atoms with E-state index in [2.05, 4.69) is 10.2 Å². The van der Waals surface area contributed by atoms with Crippen molar-refractivity contribution in [3.05, 3.63) is 0 Å². The molecule has 104 valence electrons. The SMILES string of the molecule is OC12CCCCC1CN(CC1CCCNC1)CC2. The Morgan fingerprint density at radius 3 is 2.94 bits per heavy atom. The van der Waals surface area contributed by atoms with Crippen LogP contribution in [0.5, 0.6) is 0 Å². The molecule has 2 saturated heterocycles. The van der Waals surface area contributed by atoms with Gasteiger partial charge in [-0.15, -0.1) is 0 Å². The highest BCUT2D eigenvalue weighted by molar-refractivity contribution is 4.96. The van der Waals surface area contributed by atoms with E-state index in [0.29, 0.717) is 5.92 Å². The lowest BCUT2D eigenvalue weighted by Crippen LogP contribution is -2.54. The van der Waals surface area contributed by atoms with Crippen LogP contribution in [0.15, 0.2) is 0 Å². The second-order valence-electron chi connectivity index (χ2n) is 6.77. The molecule has 2 aliphatic heterocycles. The molecule has 3 fully saturated rings. The Morgan fingerprint density at radius 2 is 2.11 bits per heavy atom. The van der Waals surface area contributed by atoms with Gasteiger partial charge in [-0.2, -0.15) is 0 Å². The summed E-state index contributed by atoms with van der Waals surface area (Å²) in [5, 5.41) is 14.2. The van der Waals surface area contributed by atoms with E-state index < -0.39 is 0 Å². The second-order valence-corrected chi connectivity index (χ2v) is 6.77. The van der Waals surface area contributed by atoms with E-state index in [4.69, 9.17) is 0 Å². The van der Waals surface area contributed by atoms with Gasteiger partial charge in [-0.1, -0.05) is 12.8 Å². The summed E-state index contributed by atoms with van der Waals surface area (Å²) in [6.45, 7) is 5.92. The van der Waals surface area contributed by atoms with E-state index in [1.165, 1.54) is 51.7 Å². The molecule has 0 aromatic heterocycles. The molecule has 3 unspecified atom stereocenters.